The van der Waals surface area contributed by atoms with Crippen LogP contribution in [0.2, 0.25) is 0 Å². The summed E-state index contributed by atoms with van der Waals surface area (Å²) in [6.45, 7) is 4.36. The fraction of sp³-hybridized carbons (Fsp3) is 0.600. The highest BCUT2D eigenvalue weighted by Crippen LogP contribution is 2.24. The van der Waals surface area contributed by atoms with Gasteiger partial charge in [0, 0.05) is 23.9 Å². The predicted octanol–water partition coefficient (Wildman–Crippen LogP) is 3.60. The van der Waals surface area contributed by atoms with Crippen molar-refractivity contribution in [2.24, 2.45) is 0 Å². The van der Waals surface area contributed by atoms with Crippen LogP contribution in [0.5, 0.6) is 0 Å². The number of hydrogen-bond acceptors (Lipinski definition) is 3. The molecular formula is C15H22N4. The lowest BCUT2D eigenvalue weighted by Gasteiger charge is -2.24. The Morgan fingerprint density at radius 1 is 1.26 bits per heavy atom. The Morgan fingerprint density at radius 3 is 2.79 bits per heavy atom. The fourth-order valence-electron chi connectivity index (χ4n) is 2.79. The first kappa shape index (κ1) is 12.5. The van der Waals surface area contributed by atoms with E-state index in [1.54, 1.807) is 0 Å². The second kappa shape index (κ2) is 5.19. The highest BCUT2D eigenvalue weighted by molar-refractivity contribution is 5.50. The molecule has 0 amide bonds. The van der Waals surface area contributed by atoms with Gasteiger partial charge in [-0.05, 0) is 18.8 Å². The SMILES string of the molecule is CC(C)c1cc(NC2CCCCC2)n2nccc2n1. The van der Waals surface area contributed by atoms with Crippen molar-refractivity contribution >= 4 is 11.5 Å². The van der Waals surface area contributed by atoms with E-state index < -0.39 is 0 Å². The number of aromatic nitrogens is 3. The molecule has 0 spiro atoms. The van der Waals surface area contributed by atoms with Crippen molar-refractivity contribution in [3.05, 3.63) is 24.0 Å². The number of fused-ring (bicyclic) bond motifs is 1. The van der Waals surface area contributed by atoms with Crippen LogP contribution in [0.3, 0.4) is 0 Å². The van der Waals surface area contributed by atoms with Gasteiger partial charge < -0.3 is 5.32 Å². The van der Waals surface area contributed by atoms with E-state index in [1.807, 2.05) is 16.8 Å². The summed E-state index contributed by atoms with van der Waals surface area (Å²) < 4.78 is 1.92. The Bertz CT molecular complexity index is 552. The van der Waals surface area contributed by atoms with E-state index in [1.165, 1.54) is 32.1 Å². The second-order valence-corrected chi connectivity index (χ2v) is 5.80. The van der Waals surface area contributed by atoms with Crippen molar-refractivity contribution in [1.82, 2.24) is 14.6 Å². The molecule has 3 rings (SSSR count). The van der Waals surface area contributed by atoms with Crippen molar-refractivity contribution in [3.8, 4) is 0 Å². The number of anilines is 1. The first-order valence-corrected chi connectivity index (χ1v) is 7.35. The molecule has 1 aliphatic carbocycles. The summed E-state index contributed by atoms with van der Waals surface area (Å²) in [6, 6.07) is 4.71. The van der Waals surface area contributed by atoms with E-state index in [0.29, 0.717) is 12.0 Å². The normalized spacial score (nSPS) is 17.2. The first-order chi connectivity index (χ1) is 9.24. The minimum absolute atomic E-state index is 0.437. The third kappa shape index (κ3) is 2.57. The van der Waals surface area contributed by atoms with E-state index in [-0.39, 0.29) is 0 Å². The molecule has 0 bridgehead atoms. The molecule has 102 valence electrons. The van der Waals surface area contributed by atoms with Crippen molar-refractivity contribution < 1.29 is 0 Å². The van der Waals surface area contributed by atoms with Crippen LogP contribution in [0.15, 0.2) is 18.3 Å². The Hall–Kier alpha value is -1.58. The number of nitrogens with zero attached hydrogens (tertiary/aromatic N) is 3. The molecule has 2 aromatic rings. The maximum Gasteiger partial charge on any atom is 0.157 e. The number of nitrogens with one attached hydrogen (secondary N) is 1. The maximum atomic E-state index is 4.65. The van der Waals surface area contributed by atoms with Gasteiger partial charge in [-0.1, -0.05) is 33.1 Å². The topological polar surface area (TPSA) is 42.2 Å². The van der Waals surface area contributed by atoms with Crippen molar-refractivity contribution in [2.45, 2.75) is 57.9 Å². The third-order valence-electron chi connectivity index (χ3n) is 3.93. The molecule has 4 nitrogen and oxygen atoms in total. The molecule has 0 aliphatic heterocycles. The van der Waals surface area contributed by atoms with Crippen molar-refractivity contribution in [3.63, 3.8) is 0 Å². The van der Waals surface area contributed by atoms with Crippen molar-refractivity contribution in [1.29, 1.82) is 0 Å². The van der Waals surface area contributed by atoms with Gasteiger partial charge in [0.15, 0.2) is 5.65 Å². The van der Waals surface area contributed by atoms with Gasteiger partial charge >= 0.3 is 0 Å². The molecule has 1 aliphatic rings. The Morgan fingerprint density at radius 2 is 2.05 bits per heavy atom. The third-order valence-corrected chi connectivity index (χ3v) is 3.93. The van der Waals surface area contributed by atoms with Gasteiger partial charge in [-0.25, -0.2) is 4.98 Å². The summed E-state index contributed by atoms with van der Waals surface area (Å²) in [7, 11) is 0. The van der Waals surface area contributed by atoms with Crippen LogP contribution in [0.1, 0.15) is 57.6 Å². The molecule has 0 unspecified atom stereocenters. The molecule has 1 saturated carbocycles. The average Bonchev–Trinajstić information content (AvgIpc) is 2.88. The van der Waals surface area contributed by atoms with Gasteiger partial charge in [-0.3, -0.25) is 0 Å². The lowest BCUT2D eigenvalue weighted by Crippen LogP contribution is -2.24. The highest BCUT2D eigenvalue weighted by Gasteiger charge is 2.16. The van der Waals surface area contributed by atoms with Crippen LogP contribution < -0.4 is 5.32 Å². The van der Waals surface area contributed by atoms with Gasteiger partial charge in [-0.2, -0.15) is 9.61 Å². The van der Waals surface area contributed by atoms with Gasteiger partial charge in [0.25, 0.3) is 0 Å². The minimum Gasteiger partial charge on any atom is -0.367 e. The van der Waals surface area contributed by atoms with Crippen LogP contribution >= 0.6 is 0 Å². The second-order valence-electron chi connectivity index (χ2n) is 5.80. The Kier molecular flexibility index (Phi) is 3.40. The molecule has 2 aromatic heterocycles. The van der Waals surface area contributed by atoms with Gasteiger partial charge in [0.1, 0.15) is 5.82 Å². The first-order valence-electron chi connectivity index (χ1n) is 7.35. The van der Waals surface area contributed by atoms with E-state index in [9.17, 15) is 0 Å². The molecule has 2 heterocycles. The molecule has 1 fully saturated rings. The van der Waals surface area contributed by atoms with E-state index in [4.69, 9.17) is 0 Å². The van der Waals surface area contributed by atoms with E-state index in [0.717, 1.165) is 17.2 Å². The molecular weight excluding hydrogens is 236 g/mol. The quantitative estimate of drug-likeness (QED) is 0.914. The lowest BCUT2D eigenvalue weighted by molar-refractivity contribution is 0.461. The largest absolute Gasteiger partial charge is 0.367 e. The maximum absolute atomic E-state index is 4.65. The zero-order valence-corrected chi connectivity index (χ0v) is 11.8. The number of rotatable bonds is 3. The van der Waals surface area contributed by atoms with E-state index >= 15 is 0 Å². The van der Waals surface area contributed by atoms with Crippen LogP contribution in [-0.4, -0.2) is 20.6 Å². The summed E-state index contributed by atoms with van der Waals surface area (Å²) in [5, 5.41) is 8.04. The summed E-state index contributed by atoms with van der Waals surface area (Å²) in [4.78, 5) is 4.65. The lowest BCUT2D eigenvalue weighted by atomic mass is 9.95. The average molecular weight is 258 g/mol. The number of hydrogen-bond donors (Lipinski definition) is 1. The molecule has 0 saturated heterocycles. The summed E-state index contributed by atoms with van der Waals surface area (Å²) >= 11 is 0. The molecule has 0 radical (unpaired) electrons. The smallest absolute Gasteiger partial charge is 0.157 e. The summed E-state index contributed by atoms with van der Waals surface area (Å²) in [6.07, 6.45) is 8.40. The Labute approximate surface area is 114 Å². The van der Waals surface area contributed by atoms with Crippen LogP contribution in [0.25, 0.3) is 5.65 Å². The molecule has 0 aromatic carbocycles. The highest BCUT2D eigenvalue weighted by atomic mass is 15.3. The fourth-order valence-corrected chi connectivity index (χ4v) is 2.79. The Balaban J connectivity index is 1.93. The molecule has 4 heteroatoms. The molecule has 0 atom stereocenters. The summed E-state index contributed by atoms with van der Waals surface area (Å²) in [5.74, 6) is 1.53. The monoisotopic (exact) mass is 258 g/mol. The minimum atomic E-state index is 0.437. The molecule has 1 N–H and O–H groups in total. The molecule has 19 heavy (non-hydrogen) atoms. The van der Waals surface area contributed by atoms with Gasteiger partial charge in [0.05, 0.1) is 6.20 Å². The van der Waals surface area contributed by atoms with E-state index in [2.05, 4.69) is 35.3 Å². The predicted molar refractivity (Wildman–Crippen MR) is 77.6 cm³/mol. The van der Waals surface area contributed by atoms with Crippen LogP contribution in [-0.2, 0) is 0 Å². The van der Waals surface area contributed by atoms with Crippen LogP contribution in [0, 0.1) is 0 Å². The van der Waals surface area contributed by atoms with Gasteiger partial charge in [0.2, 0.25) is 0 Å². The van der Waals surface area contributed by atoms with Crippen LogP contribution in [0.4, 0.5) is 5.82 Å². The van der Waals surface area contributed by atoms with Crippen molar-refractivity contribution in [2.75, 3.05) is 5.32 Å². The summed E-state index contributed by atoms with van der Waals surface area (Å²) in [5.41, 5.74) is 2.07. The zero-order valence-electron chi connectivity index (χ0n) is 11.8. The van der Waals surface area contributed by atoms with Gasteiger partial charge in [-0.15, -0.1) is 0 Å². The standard InChI is InChI=1S/C15H22N4/c1-11(2)13-10-15(17-12-6-4-3-5-7-12)19-14(18-13)8-9-16-19/h8-12,17H,3-7H2,1-2H3. The zero-order chi connectivity index (χ0) is 13.2.